The minimum absolute atomic E-state index is 0.0886. The van der Waals surface area contributed by atoms with Gasteiger partial charge in [0.15, 0.2) is 11.5 Å². The van der Waals surface area contributed by atoms with Crippen LogP contribution in [0.15, 0.2) is 36.4 Å². The number of hydrogen-bond donors (Lipinski definition) is 2. The molecule has 2 amide bonds. The molecule has 2 aromatic carbocycles. The van der Waals surface area contributed by atoms with Crippen molar-refractivity contribution >= 4 is 6.03 Å². The molecule has 2 aromatic rings. The van der Waals surface area contributed by atoms with Crippen LogP contribution in [0.3, 0.4) is 0 Å². The Morgan fingerprint density at radius 3 is 2.38 bits per heavy atom. The summed E-state index contributed by atoms with van der Waals surface area (Å²) in [6.07, 6.45) is 0.842. The Labute approximate surface area is 190 Å². The van der Waals surface area contributed by atoms with Crippen LogP contribution in [-0.4, -0.2) is 43.3 Å². The number of nitrogens with one attached hydrogen (secondary N) is 2. The zero-order valence-corrected chi connectivity index (χ0v) is 19.8. The SMILES string of the molecule is COc1cc2c(cc1OC)[C@@H]([C@@H](C)NC(=O)NC(C)(C)C)N(Cc1ccc(F)cc1)CC2. The lowest BCUT2D eigenvalue weighted by Gasteiger charge is -2.41. The van der Waals surface area contributed by atoms with Crippen molar-refractivity contribution in [3.8, 4) is 11.5 Å². The van der Waals surface area contributed by atoms with Crippen LogP contribution in [0, 0.1) is 5.82 Å². The first-order valence-corrected chi connectivity index (χ1v) is 10.9. The van der Waals surface area contributed by atoms with E-state index in [9.17, 15) is 9.18 Å². The number of ether oxygens (including phenoxy) is 2. The number of halogens is 1. The van der Waals surface area contributed by atoms with Gasteiger partial charge in [-0.05, 0) is 75.1 Å². The van der Waals surface area contributed by atoms with Gasteiger partial charge in [-0.15, -0.1) is 0 Å². The van der Waals surface area contributed by atoms with Crippen LogP contribution in [0.25, 0.3) is 0 Å². The molecule has 3 rings (SSSR count). The maximum Gasteiger partial charge on any atom is 0.315 e. The van der Waals surface area contributed by atoms with E-state index in [0.29, 0.717) is 18.0 Å². The smallest absolute Gasteiger partial charge is 0.315 e. The van der Waals surface area contributed by atoms with Gasteiger partial charge in [0.2, 0.25) is 0 Å². The molecule has 1 aliphatic heterocycles. The quantitative estimate of drug-likeness (QED) is 0.693. The normalized spacial score (nSPS) is 17.3. The molecule has 0 radical (unpaired) electrons. The Balaban J connectivity index is 1.95. The Kier molecular flexibility index (Phi) is 7.29. The number of hydrogen-bond acceptors (Lipinski definition) is 4. The summed E-state index contributed by atoms with van der Waals surface area (Å²) in [6, 6.07) is 10.1. The molecule has 0 unspecified atom stereocenters. The number of carbonyl (C=O) groups is 1. The standard InChI is InChI=1S/C25H34FN3O3/c1-16(27-24(30)28-25(2,3)4)23-20-14-22(32-6)21(31-5)13-18(20)11-12-29(23)15-17-7-9-19(26)10-8-17/h7-10,13-14,16,23H,11-12,15H2,1-6H3,(H2,27,28,30)/t16-,23-/m1/s1. The molecule has 0 spiro atoms. The number of fused-ring (bicyclic) bond motifs is 1. The second-order valence-electron chi connectivity index (χ2n) is 9.33. The maximum atomic E-state index is 13.4. The van der Waals surface area contributed by atoms with E-state index in [2.05, 4.69) is 15.5 Å². The van der Waals surface area contributed by atoms with Crippen molar-refractivity contribution in [3.63, 3.8) is 0 Å². The molecule has 0 aromatic heterocycles. The molecule has 0 fully saturated rings. The minimum atomic E-state index is -0.335. The molecular weight excluding hydrogens is 409 g/mol. The summed E-state index contributed by atoms with van der Waals surface area (Å²) in [5.41, 5.74) is 2.96. The fourth-order valence-electron chi connectivity index (χ4n) is 4.28. The number of methoxy groups -OCH3 is 2. The highest BCUT2D eigenvalue weighted by Crippen LogP contribution is 2.40. The second kappa shape index (κ2) is 9.77. The van der Waals surface area contributed by atoms with Gasteiger partial charge in [0, 0.05) is 24.7 Å². The average Bonchev–Trinajstić information content (AvgIpc) is 2.72. The van der Waals surface area contributed by atoms with Gasteiger partial charge in [-0.1, -0.05) is 12.1 Å². The highest BCUT2D eigenvalue weighted by atomic mass is 19.1. The third-order valence-corrected chi connectivity index (χ3v) is 5.65. The average molecular weight is 444 g/mol. The van der Waals surface area contributed by atoms with Crippen molar-refractivity contribution in [3.05, 3.63) is 58.9 Å². The van der Waals surface area contributed by atoms with Crippen molar-refractivity contribution in [2.45, 2.75) is 58.3 Å². The van der Waals surface area contributed by atoms with E-state index in [4.69, 9.17) is 9.47 Å². The van der Waals surface area contributed by atoms with Gasteiger partial charge >= 0.3 is 6.03 Å². The lowest BCUT2D eigenvalue weighted by atomic mass is 9.87. The van der Waals surface area contributed by atoms with Gasteiger partial charge < -0.3 is 20.1 Å². The van der Waals surface area contributed by atoms with Crippen molar-refractivity contribution < 1.29 is 18.7 Å². The second-order valence-corrected chi connectivity index (χ2v) is 9.33. The van der Waals surface area contributed by atoms with Gasteiger partial charge in [-0.2, -0.15) is 0 Å². The Morgan fingerprint density at radius 1 is 1.16 bits per heavy atom. The number of benzene rings is 2. The van der Waals surface area contributed by atoms with E-state index < -0.39 is 0 Å². The first-order chi connectivity index (χ1) is 15.1. The summed E-state index contributed by atoms with van der Waals surface area (Å²) in [4.78, 5) is 14.9. The van der Waals surface area contributed by atoms with Gasteiger partial charge in [-0.25, -0.2) is 9.18 Å². The topological polar surface area (TPSA) is 62.8 Å². The first-order valence-electron chi connectivity index (χ1n) is 10.9. The molecule has 174 valence electrons. The van der Waals surface area contributed by atoms with Crippen LogP contribution in [0.1, 0.15) is 50.4 Å². The van der Waals surface area contributed by atoms with Crippen LogP contribution in [0.4, 0.5) is 9.18 Å². The summed E-state index contributed by atoms with van der Waals surface area (Å²) in [7, 11) is 3.25. The minimum Gasteiger partial charge on any atom is -0.493 e. The fraction of sp³-hybridized carbons (Fsp3) is 0.480. The summed E-state index contributed by atoms with van der Waals surface area (Å²) >= 11 is 0. The van der Waals surface area contributed by atoms with E-state index >= 15 is 0 Å². The molecule has 0 saturated heterocycles. The molecule has 6 nitrogen and oxygen atoms in total. The molecule has 1 aliphatic rings. The molecular formula is C25H34FN3O3. The maximum absolute atomic E-state index is 13.4. The number of rotatable bonds is 6. The lowest BCUT2D eigenvalue weighted by molar-refractivity contribution is 0.142. The molecule has 0 bridgehead atoms. The Morgan fingerprint density at radius 2 is 1.78 bits per heavy atom. The molecule has 0 aliphatic carbocycles. The lowest BCUT2D eigenvalue weighted by Crippen LogP contribution is -2.53. The summed E-state index contributed by atoms with van der Waals surface area (Å²) in [5.74, 6) is 1.11. The van der Waals surface area contributed by atoms with E-state index in [-0.39, 0.29) is 29.5 Å². The number of carbonyl (C=O) groups excluding carboxylic acids is 1. The summed E-state index contributed by atoms with van der Waals surface area (Å²) in [6.45, 7) is 9.31. The molecule has 32 heavy (non-hydrogen) atoms. The summed E-state index contributed by atoms with van der Waals surface area (Å²) in [5, 5.41) is 6.08. The third-order valence-electron chi connectivity index (χ3n) is 5.65. The fourth-order valence-corrected chi connectivity index (χ4v) is 4.28. The molecule has 7 heteroatoms. The van der Waals surface area contributed by atoms with Gasteiger partial charge in [0.05, 0.1) is 20.3 Å². The van der Waals surface area contributed by atoms with E-state index in [0.717, 1.165) is 24.1 Å². The highest BCUT2D eigenvalue weighted by molar-refractivity contribution is 5.75. The van der Waals surface area contributed by atoms with Crippen LogP contribution in [0.2, 0.25) is 0 Å². The summed E-state index contributed by atoms with van der Waals surface area (Å²) < 4.78 is 24.5. The van der Waals surface area contributed by atoms with Gasteiger partial charge in [0.1, 0.15) is 5.82 Å². The Hall–Kier alpha value is -2.80. The number of amides is 2. The van der Waals surface area contributed by atoms with E-state index in [1.165, 1.54) is 17.7 Å². The molecule has 2 N–H and O–H groups in total. The predicted octanol–water partition coefficient (Wildman–Crippen LogP) is 4.43. The van der Waals surface area contributed by atoms with Crippen molar-refractivity contribution in [1.82, 2.24) is 15.5 Å². The van der Waals surface area contributed by atoms with Crippen LogP contribution in [0.5, 0.6) is 11.5 Å². The third kappa shape index (κ3) is 5.71. The van der Waals surface area contributed by atoms with Crippen molar-refractivity contribution in [1.29, 1.82) is 0 Å². The Bertz CT molecular complexity index is 941. The van der Waals surface area contributed by atoms with Crippen LogP contribution < -0.4 is 20.1 Å². The molecule has 0 saturated carbocycles. The van der Waals surface area contributed by atoms with Crippen molar-refractivity contribution in [2.75, 3.05) is 20.8 Å². The van der Waals surface area contributed by atoms with Crippen LogP contribution >= 0.6 is 0 Å². The highest BCUT2D eigenvalue weighted by Gasteiger charge is 2.34. The molecule has 2 atom stereocenters. The first kappa shape index (κ1) is 23.9. The van der Waals surface area contributed by atoms with Crippen LogP contribution in [-0.2, 0) is 13.0 Å². The number of urea groups is 1. The van der Waals surface area contributed by atoms with Crippen molar-refractivity contribution in [2.24, 2.45) is 0 Å². The van der Waals surface area contributed by atoms with Gasteiger partial charge in [-0.3, -0.25) is 4.90 Å². The van der Waals surface area contributed by atoms with Gasteiger partial charge in [0.25, 0.3) is 0 Å². The van der Waals surface area contributed by atoms with E-state index in [1.807, 2.05) is 39.8 Å². The number of nitrogens with zero attached hydrogens (tertiary/aromatic N) is 1. The zero-order valence-electron chi connectivity index (χ0n) is 19.8. The van der Waals surface area contributed by atoms with E-state index in [1.54, 1.807) is 26.4 Å². The molecule has 1 heterocycles. The monoisotopic (exact) mass is 443 g/mol. The largest absolute Gasteiger partial charge is 0.493 e. The zero-order chi connectivity index (χ0) is 23.5. The predicted molar refractivity (Wildman–Crippen MR) is 124 cm³/mol.